The predicted molar refractivity (Wildman–Crippen MR) is 134 cm³/mol. The molecule has 2 fully saturated rings. The minimum absolute atomic E-state index is 0.216. The smallest absolute Gasteiger partial charge is 0.104 e. The van der Waals surface area contributed by atoms with E-state index >= 15 is 0 Å². The summed E-state index contributed by atoms with van der Waals surface area (Å²) in [5, 5.41) is 0. The van der Waals surface area contributed by atoms with Crippen molar-refractivity contribution in [2.24, 2.45) is 0 Å². The highest BCUT2D eigenvalue weighted by molar-refractivity contribution is 5.00. The molecule has 3 nitrogen and oxygen atoms in total. The highest BCUT2D eigenvalue weighted by Gasteiger charge is 2.45. The van der Waals surface area contributed by atoms with Crippen LogP contribution in [-0.2, 0) is 9.47 Å². The molecular weight excluding hydrogens is 382 g/mol. The number of nitrogens with zero attached hydrogens (tertiary/aromatic N) is 1. The van der Waals surface area contributed by atoms with Gasteiger partial charge in [0, 0.05) is 11.1 Å². The summed E-state index contributed by atoms with van der Waals surface area (Å²) < 4.78 is 11.5. The first kappa shape index (κ1) is 27.1. The standard InChI is InChI=1S/C28H55NO2/c1-6-7-8-9-10-11-12-13-14-15-16-17-18-19-20-29-27(2,3)21-25(22-28(29,4)5)30-23-26-24-31-26/h25-26H,6-24H2,1-5H3. The Morgan fingerprint density at radius 2 is 1.13 bits per heavy atom. The van der Waals surface area contributed by atoms with Crippen LogP contribution >= 0.6 is 0 Å². The van der Waals surface area contributed by atoms with Crippen molar-refractivity contribution in [2.45, 2.75) is 161 Å². The third-order valence-corrected chi connectivity index (χ3v) is 7.57. The van der Waals surface area contributed by atoms with E-state index in [0.29, 0.717) is 12.2 Å². The first-order chi connectivity index (χ1) is 14.8. The first-order valence-corrected chi connectivity index (χ1v) is 13.9. The van der Waals surface area contributed by atoms with Crippen LogP contribution in [0.5, 0.6) is 0 Å². The molecule has 0 aromatic rings. The molecule has 0 aromatic heterocycles. The van der Waals surface area contributed by atoms with Crippen molar-refractivity contribution in [3.63, 3.8) is 0 Å². The summed E-state index contributed by atoms with van der Waals surface area (Å²) in [5.74, 6) is 0. The molecule has 0 spiro atoms. The van der Waals surface area contributed by atoms with Gasteiger partial charge in [0.15, 0.2) is 0 Å². The summed E-state index contributed by atoms with van der Waals surface area (Å²) in [6.45, 7) is 14.9. The van der Waals surface area contributed by atoms with Crippen LogP contribution in [0.15, 0.2) is 0 Å². The molecule has 2 heterocycles. The highest BCUT2D eigenvalue weighted by Crippen LogP contribution is 2.40. The molecule has 0 amide bonds. The van der Waals surface area contributed by atoms with E-state index in [1.165, 1.54) is 96.4 Å². The van der Waals surface area contributed by atoms with Gasteiger partial charge in [-0.1, -0.05) is 90.4 Å². The maximum atomic E-state index is 6.20. The predicted octanol–water partition coefficient (Wildman–Crippen LogP) is 7.90. The number of hydrogen-bond donors (Lipinski definition) is 0. The molecule has 31 heavy (non-hydrogen) atoms. The van der Waals surface area contributed by atoms with Crippen molar-refractivity contribution < 1.29 is 9.47 Å². The zero-order valence-corrected chi connectivity index (χ0v) is 21.9. The van der Waals surface area contributed by atoms with Crippen LogP contribution in [0.4, 0.5) is 0 Å². The third kappa shape index (κ3) is 11.0. The van der Waals surface area contributed by atoms with Gasteiger partial charge in [0.05, 0.1) is 19.3 Å². The quantitative estimate of drug-likeness (QED) is 0.161. The molecule has 2 saturated heterocycles. The number of hydrogen-bond acceptors (Lipinski definition) is 3. The van der Waals surface area contributed by atoms with E-state index in [1.807, 2.05) is 0 Å². The van der Waals surface area contributed by atoms with Gasteiger partial charge in [-0.2, -0.15) is 0 Å². The number of unbranched alkanes of at least 4 members (excludes halogenated alkanes) is 13. The van der Waals surface area contributed by atoms with Gasteiger partial charge in [-0.15, -0.1) is 0 Å². The number of epoxide rings is 1. The highest BCUT2D eigenvalue weighted by atomic mass is 16.6. The Kier molecular flexibility index (Phi) is 12.4. The Morgan fingerprint density at radius 1 is 0.710 bits per heavy atom. The Morgan fingerprint density at radius 3 is 1.55 bits per heavy atom. The Bertz CT molecular complexity index is 440. The van der Waals surface area contributed by atoms with Crippen LogP contribution in [0.2, 0.25) is 0 Å². The van der Waals surface area contributed by atoms with Crippen LogP contribution in [0.1, 0.15) is 137 Å². The fourth-order valence-electron chi connectivity index (χ4n) is 5.82. The summed E-state index contributed by atoms with van der Waals surface area (Å²) in [4.78, 5) is 2.77. The Hall–Kier alpha value is -0.120. The van der Waals surface area contributed by atoms with Crippen LogP contribution in [0.3, 0.4) is 0 Å². The monoisotopic (exact) mass is 437 g/mol. The molecule has 0 radical (unpaired) electrons. The van der Waals surface area contributed by atoms with E-state index in [2.05, 4.69) is 39.5 Å². The lowest BCUT2D eigenvalue weighted by molar-refractivity contribution is -0.106. The molecule has 184 valence electrons. The molecule has 0 aliphatic carbocycles. The lowest BCUT2D eigenvalue weighted by Gasteiger charge is -2.55. The van der Waals surface area contributed by atoms with Gasteiger partial charge >= 0.3 is 0 Å². The van der Waals surface area contributed by atoms with E-state index in [4.69, 9.17) is 9.47 Å². The number of piperidine rings is 1. The van der Waals surface area contributed by atoms with Crippen molar-refractivity contribution >= 4 is 0 Å². The molecule has 0 N–H and O–H groups in total. The molecule has 2 rings (SSSR count). The molecular formula is C28H55NO2. The lowest BCUT2D eigenvalue weighted by Crippen LogP contribution is -2.62. The zero-order chi connectivity index (χ0) is 22.6. The van der Waals surface area contributed by atoms with Crippen molar-refractivity contribution in [3.05, 3.63) is 0 Å². The van der Waals surface area contributed by atoms with E-state index in [-0.39, 0.29) is 11.1 Å². The summed E-state index contributed by atoms with van der Waals surface area (Å²) in [6.07, 6.45) is 23.1. The van der Waals surface area contributed by atoms with Gasteiger partial charge in [0.2, 0.25) is 0 Å². The number of ether oxygens (including phenoxy) is 2. The van der Waals surface area contributed by atoms with Crippen molar-refractivity contribution in [1.29, 1.82) is 0 Å². The minimum Gasteiger partial charge on any atom is -0.375 e. The number of likely N-dealkylation sites (tertiary alicyclic amines) is 1. The second-order valence-electron chi connectivity index (χ2n) is 11.7. The van der Waals surface area contributed by atoms with Gasteiger partial charge < -0.3 is 9.47 Å². The topological polar surface area (TPSA) is 25.0 Å². The van der Waals surface area contributed by atoms with E-state index in [9.17, 15) is 0 Å². The van der Waals surface area contributed by atoms with Crippen molar-refractivity contribution in [2.75, 3.05) is 19.8 Å². The van der Waals surface area contributed by atoms with E-state index in [0.717, 1.165) is 26.1 Å². The van der Waals surface area contributed by atoms with Crippen molar-refractivity contribution in [3.8, 4) is 0 Å². The fourth-order valence-corrected chi connectivity index (χ4v) is 5.82. The lowest BCUT2D eigenvalue weighted by atomic mass is 9.78. The van der Waals surface area contributed by atoms with Gasteiger partial charge in [0.25, 0.3) is 0 Å². The minimum atomic E-state index is 0.216. The first-order valence-electron chi connectivity index (χ1n) is 13.9. The zero-order valence-electron chi connectivity index (χ0n) is 21.9. The maximum Gasteiger partial charge on any atom is 0.104 e. The van der Waals surface area contributed by atoms with E-state index < -0.39 is 0 Å². The molecule has 0 saturated carbocycles. The van der Waals surface area contributed by atoms with Gasteiger partial charge in [0.1, 0.15) is 6.10 Å². The second kappa shape index (κ2) is 14.2. The Balaban J connectivity index is 1.48. The number of rotatable bonds is 18. The SMILES string of the molecule is CCCCCCCCCCCCCCCCN1C(C)(C)CC(OCC2CO2)CC1(C)C. The molecule has 0 aromatic carbocycles. The molecule has 1 unspecified atom stereocenters. The summed E-state index contributed by atoms with van der Waals surface area (Å²) in [5.41, 5.74) is 0.431. The Labute approximate surface area is 195 Å². The summed E-state index contributed by atoms with van der Waals surface area (Å²) in [7, 11) is 0. The van der Waals surface area contributed by atoms with Crippen LogP contribution in [0.25, 0.3) is 0 Å². The molecule has 3 heteroatoms. The van der Waals surface area contributed by atoms with Gasteiger partial charge in [-0.05, 0) is 53.5 Å². The largest absolute Gasteiger partial charge is 0.375 e. The van der Waals surface area contributed by atoms with Gasteiger partial charge in [-0.3, -0.25) is 4.90 Å². The van der Waals surface area contributed by atoms with Crippen LogP contribution in [-0.4, -0.2) is 47.9 Å². The van der Waals surface area contributed by atoms with E-state index in [1.54, 1.807) is 0 Å². The van der Waals surface area contributed by atoms with Crippen LogP contribution < -0.4 is 0 Å². The molecule has 0 bridgehead atoms. The van der Waals surface area contributed by atoms with Crippen molar-refractivity contribution in [1.82, 2.24) is 4.90 Å². The third-order valence-electron chi connectivity index (χ3n) is 7.57. The van der Waals surface area contributed by atoms with Gasteiger partial charge in [-0.25, -0.2) is 0 Å². The summed E-state index contributed by atoms with van der Waals surface area (Å²) >= 11 is 0. The summed E-state index contributed by atoms with van der Waals surface area (Å²) in [6, 6.07) is 0. The molecule has 2 aliphatic heterocycles. The second-order valence-corrected chi connectivity index (χ2v) is 11.7. The molecule has 1 atom stereocenters. The average Bonchev–Trinajstić information content (AvgIpc) is 3.52. The normalized spacial score (nSPS) is 23.3. The molecule has 2 aliphatic rings. The fraction of sp³-hybridized carbons (Fsp3) is 1.00. The van der Waals surface area contributed by atoms with Crippen LogP contribution in [0, 0.1) is 0 Å². The average molecular weight is 438 g/mol. The maximum absolute atomic E-state index is 6.20.